The molecule has 0 amide bonds. The number of ether oxygens (including phenoxy) is 1. The molecule has 0 aliphatic carbocycles. The van der Waals surface area contributed by atoms with E-state index in [9.17, 15) is 0 Å². The van der Waals surface area contributed by atoms with E-state index in [0.29, 0.717) is 28.5 Å². The van der Waals surface area contributed by atoms with Crippen LogP contribution in [0.15, 0.2) is 58.2 Å². The molecule has 7 nitrogen and oxygen atoms in total. The summed E-state index contributed by atoms with van der Waals surface area (Å²) >= 11 is 1.36. The van der Waals surface area contributed by atoms with Gasteiger partial charge in [0.1, 0.15) is 17.4 Å². The smallest absolute Gasteiger partial charge is 0.277 e. The van der Waals surface area contributed by atoms with Crippen molar-refractivity contribution in [3.05, 3.63) is 65.8 Å². The summed E-state index contributed by atoms with van der Waals surface area (Å²) in [4.78, 5) is 8.85. The molecule has 2 N–H and O–H groups in total. The third-order valence-electron chi connectivity index (χ3n) is 3.84. The van der Waals surface area contributed by atoms with E-state index < -0.39 is 0 Å². The fourth-order valence-electron chi connectivity index (χ4n) is 2.48. The molecule has 4 rings (SSSR count). The van der Waals surface area contributed by atoms with Crippen molar-refractivity contribution >= 4 is 28.5 Å². The summed E-state index contributed by atoms with van der Waals surface area (Å²) in [5.74, 6) is 2.74. The molecule has 0 unspecified atom stereocenters. The van der Waals surface area contributed by atoms with E-state index in [1.165, 1.54) is 17.3 Å². The monoisotopic (exact) mass is 379 g/mol. The highest BCUT2D eigenvalue weighted by atomic mass is 32.2. The molecule has 27 heavy (non-hydrogen) atoms. The van der Waals surface area contributed by atoms with Gasteiger partial charge in [-0.05, 0) is 31.2 Å². The lowest BCUT2D eigenvalue weighted by Gasteiger charge is -2.04. The molecule has 0 saturated heterocycles. The van der Waals surface area contributed by atoms with E-state index in [4.69, 9.17) is 14.9 Å². The van der Waals surface area contributed by atoms with Gasteiger partial charge in [-0.15, -0.1) is 10.2 Å². The minimum Gasteiger partial charge on any atom is -0.484 e. The van der Waals surface area contributed by atoms with Crippen molar-refractivity contribution in [3.63, 3.8) is 0 Å². The Morgan fingerprint density at radius 2 is 1.85 bits per heavy atom. The largest absolute Gasteiger partial charge is 0.484 e. The summed E-state index contributed by atoms with van der Waals surface area (Å²) in [6, 6.07) is 15.4. The number of thioether (sulfide) groups is 1. The van der Waals surface area contributed by atoms with Crippen LogP contribution in [0.3, 0.4) is 0 Å². The van der Waals surface area contributed by atoms with Crippen LogP contribution in [0.1, 0.15) is 17.3 Å². The van der Waals surface area contributed by atoms with Crippen LogP contribution in [0.2, 0.25) is 0 Å². The van der Waals surface area contributed by atoms with Crippen molar-refractivity contribution in [1.82, 2.24) is 20.2 Å². The number of nitrogen functional groups attached to an aromatic ring is 1. The fraction of sp³-hybridized carbons (Fsp3) is 0.158. The van der Waals surface area contributed by atoms with E-state index >= 15 is 0 Å². The quantitative estimate of drug-likeness (QED) is 0.505. The number of hydrogen-bond donors (Lipinski definition) is 1. The second-order valence-electron chi connectivity index (χ2n) is 5.89. The van der Waals surface area contributed by atoms with Crippen molar-refractivity contribution in [2.24, 2.45) is 0 Å². The number of rotatable bonds is 6. The normalized spacial score (nSPS) is 11.0. The van der Waals surface area contributed by atoms with E-state index in [1.807, 2.05) is 55.5 Å². The van der Waals surface area contributed by atoms with Crippen molar-refractivity contribution in [1.29, 1.82) is 0 Å². The van der Waals surface area contributed by atoms with Crippen LogP contribution in [0, 0.1) is 6.92 Å². The summed E-state index contributed by atoms with van der Waals surface area (Å²) in [6.07, 6.45) is 0. The summed E-state index contributed by atoms with van der Waals surface area (Å²) in [6.45, 7) is 2.24. The molecule has 0 spiro atoms. The number of anilines is 1. The maximum atomic E-state index is 6.01. The number of fused-ring (bicyclic) bond motifs is 1. The van der Waals surface area contributed by atoms with Crippen LogP contribution < -0.4 is 10.5 Å². The van der Waals surface area contributed by atoms with Gasteiger partial charge in [0.25, 0.3) is 11.1 Å². The van der Waals surface area contributed by atoms with Gasteiger partial charge in [0.15, 0.2) is 6.61 Å². The summed E-state index contributed by atoms with van der Waals surface area (Å²) in [7, 11) is 0. The zero-order chi connectivity index (χ0) is 18.6. The minimum absolute atomic E-state index is 0.218. The fourth-order valence-corrected chi connectivity index (χ4v) is 3.11. The Morgan fingerprint density at radius 1 is 1.04 bits per heavy atom. The van der Waals surface area contributed by atoms with Crippen molar-refractivity contribution < 1.29 is 9.15 Å². The average Bonchev–Trinajstić information content (AvgIpc) is 3.14. The number of aromatic nitrogens is 4. The van der Waals surface area contributed by atoms with Crippen molar-refractivity contribution in [2.75, 3.05) is 5.73 Å². The van der Waals surface area contributed by atoms with Crippen LogP contribution in [0.5, 0.6) is 5.75 Å². The van der Waals surface area contributed by atoms with Gasteiger partial charge < -0.3 is 14.9 Å². The standard InChI is InChI=1S/C19H17N5O2S/c1-12-6-8-13(9-7-12)25-10-17-23-24-19(26-17)27-11-16-21-15-5-3-2-4-14(15)18(20)22-16/h2-9H,10-11H2,1H3,(H2,20,21,22). The van der Waals surface area contributed by atoms with Crippen LogP contribution in [-0.2, 0) is 12.4 Å². The third-order valence-corrected chi connectivity index (χ3v) is 4.65. The van der Waals surface area contributed by atoms with Gasteiger partial charge in [0, 0.05) is 5.39 Å². The Balaban J connectivity index is 1.37. The van der Waals surface area contributed by atoms with E-state index in [-0.39, 0.29) is 6.61 Å². The van der Waals surface area contributed by atoms with Crippen molar-refractivity contribution in [3.8, 4) is 5.75 Å². The lowest BCUT2D eigenvalue weighted by molar-refractivity contribution is 0.252. The molecule has 0 fully saturated rings. The lowest BCUT2D eigenvalue weighted by Crippen LogP contribution is -1.99. The molecule has 136 valence electrons. The Morgan fingerprint density at radius 3 is 2.70 bits per heavy atom. The van der Waals surface area contributed by atoms with Crippen LogP contribution >= 0.6 is 11.8 Å². The molecule has 8 heteroatoms. The molecule has 0 radical (unpaired) electrons. The molecular weight excluding hydrogens is 362 g/mol. The Labute approximate surface area is 160 Å². The van der Waals surface area contributed by atoms with E-state index in [0.717, 1.165) is 16.7 Å². The number of aryl methyl sites for hydroxylation is 1. The molecule has 2 aromatic carbocycles. The number of hydrogen-bond acceptors (Lipinski definition) is 8. The molecule has 0 atom stereocenters. The Hall–Kier alpha value is -3.13. The molecule has 2 aromatic heterocycles. The van der Waals surface area contributed by atoms with Gasteiger partial charge in [-0.3, -0.25) is 0 Å². The number of para-hydroxylation sites is 1. The predicted octanol–water partition coefficient (Wildman–Crippen LogP) is 3.77. The lowest BCUT2D eigenvalue weighted by atomic mass is 10.2. The second kappa shape index (κ2) is 7.63. The van der Waals surface area contributed by atoms with Gasteiger partial charge in [-0.2, -0.15) is 0 Å². The second-order valence-corrected chi connectivity index (χ2v) is 6.82. The number of benzene rings is 2. The van der Waals surface area contributed by atoms with E-state index in [1.54, 1.807) is 0 Å². The summed E-state index contributed by atoms with van der Waals surface area (Å²) < 4.78 is 11.2. The molecule has 0 saturated carbocycles. The topological polar surface area (TPSA) is 100.0 Å². The van der Waals surface area contributed by atoms with Crippen LogP contribution in [0.25, 0.3) is 10.9 Å². The summed E-state index contributed by atoms with van der Waals surface area (Å²) in [5.41, 5.74) is 8.00. The molecule has 0 bridgehead atoms. The van der Waals surface area contributed by atoms with Gasteiger partial charge in [-0.1, -0.05) is 41.6 Å². The Kier molecular flexibility index (Phi) is 4.88. The first-order valence-electron chi connectivity index (χ1n) is 8.33. The van der Waals surface area contributed by atoms with Crippen LogP contribution in [-0.4, -0.2) is 20.2 Å². The molecule has 0 aliphatic heterocycles. The average molecular weight is 379 g/mol. The molecule has 2 heterocycles. The van der Waals surface area contributed by atoms with Crippen LogP contribution in [0.4, 0.5) is 5.82 Å². The maximum Gasteiger partial charge on any atom is 0.277 e. The highest BCUT2D eigenvalue weighted by Crippen LogP contribution is 2.23. The zero-order valence-corrected chi connectivity index (χ0v) is 15.4. The molecular formula is C19H17N5O2S. The third kappa shape index (κ3) is 4.17. The predicted molar refractivity (Wildman–Crippen MR) is 103 cm³/mol. The summed E-state index contributed by atoms with van der Waals surface area (Å²) in [5, 5.41) is 9.31. The number of nitrogens with two attached hydrogens (primary N) is 1. The highest BCUT2D eigenvalue weighted by Gasteiger charge is 2.10. The van der Waals surface area contributed by atoms with Gasteiger partial charge in [-0.25, -0.2) is 9.97 Å². The van der Waals surface area contributed by atoms with Crippen molar-refractivity contribution in [2.45, 2.75) is 24.5 Å². The van der Waals surface area contributed by atoms with Gasteiger partial charge >= 0.3 is 0 Å². The first-order valence-corrected chi connectivity index (χ1v) is 9.32. The zero-order valence-electron chi connectivity index (χ0n) is 14.6. The molecule has 0 aliphatic rings. The highest BCUT2D eigenvalue weighted by molar-refractivity contribution is 7.98. The first kappa shape index (κ1) is 17.3. The molecule has 4 aromatic rings. The SMILES string of the molecule is Cc1ccc(OCc2nnc(SCc3nc(N)c4ccccc4n3)o2)cc1. The van der Waals surface area contributed by atoms with Gasteiger partial charge in [0.2, 0.25) is 0 Å². The number of nitrogens with zero attached hydrogens (tertiary/aromatic N) is 4. The minimum atomic E-state index is 0.218. The van der Waals surface area contributed by atoms with Gasteiger partial charge in [0.05, 0.1) is 11.3 Å². The van der Waals surface area contributed by atoms with E-state index in [2.05, 4.69) is 20.2 Å². The maximum absolute atomic E-state index is 6.01. The first-order chi connectivity index (χ1) is 13.2. The Bertz CT molecular complexity index is 1070.